The van der Waals surface area contributed by atoms with Crippen LogP contribution in [0.4, 0.5) is 0 Å². The van der Waals surface area contributed by atoms with E-state index in [9.17, 15) is 0 Å². The van der Waals surface area contributed by atoms with E-state index in [0.29, 0.717) is 6.04 Å². The predicted molar refractivity (Wildman–Crippen MR) is 65.1 cm³/mol. The van der Waals surface area contributed by atoms with Gasteiger partial charge in [-0.15, -0.1) is 0 Å². The van der Waals surface area contributed by atoms with Gasteiger partial charge in [0.2, 0.25) is 0 Å². The van der Waals surface area contributed by atoms with E-state index in [0.717, 1.165) is 26.3 Å². The third kappa shape index (κ3) is 3.04. The third-order valence-corrected chi connectivity index (χ3v) is 2.96. The van der Waals surface area contributed by atoms with Crippen molar-refractivity contribution in [1.82, 2.24) is 10.4 Å². The Bertz CT molecular complexity index is 317. The molecule has 0 aliphatic carbocycles. The van der Waals surface area contributed by atoms with Crippen LogP contribution in [0, 0.1) is 6.92 Å². The van der Waals surface area contributed by atoms with Gasteiger partial charge in [0.05, 0.1) is 13.2 Å². The molecule has 1 aliphatic heterocycles. The molecule has 3 heteroatoms. The van der Waals surface area contributed by atoms with Crippen molar-refractivity contribution in [2.24, 2.45) is 0 Å². The fourth-order valence-corrected chi connectivity index (χ4v) is 1.90. The highest BCUT2D eigenvalue weighted by molar-refractivity contribution is 5.23. The van der Waals surface area contributed by atoms with E-state index < -0.39 is 0 Å². The molecule has 3 nitrogen and oxygen atoms in total. The van der Waals surface area contributed by atoms with Crippen LogP contribution >= 0.6 is 0 Å². The van der Waals surface area contributed by atoms with Crippen LogP contribution in [-0.4, -0.2) is 31.3 Å². The minimum absolute atomic E-state index is 0.360. The maximum Gasteiger partial charge on any atom is 0.0608 e. The largest absolute Gasteiger partial charge is 0.379 e. The molecular weight excluding hydrogens is 200 g/mol. The zero-order chi connectivity index (χ0) is 11.4. The molecule has 1 aromatic carbocycles. The summed E-state index contributed by atoms with van der Waals surface area (Å²) in [6.45, 7) is 7.90. The van der Waals surface area contributed by atoms with Crippen LogP contribution in [0.5, 0.6) is 0 Å². The Kier molecular flexibility index (Phi) is 3.93. The highest BCUT2D eigenvalue weighted by atomic mass is 16.5. The molecule has 1 fully saturated rings. The van der Waals surface area contributed by atoms with Crippen LogP contribution in [0.15, 0.2) is 24.3 Å². The van der Waals surface area contributed by atoms with Gasteiger partial charge in [0.15, 0.2) is 0 Å². The van der Waals surface area contributed by atoms with Gasteiger partial charge < -0.3 is 4.74 Å². The van der Waals surface area contributed by atoms with E-state index in [1.54, 1.807) is 0 Å². The summed E-state index contributed by atoms with van der Waals surface area (Å²) >= 11 is 0. The average Bonchev–Trinajstić information content (AvgIpc) is 2.31. The summed E-state index contributed by atoms with van der Waals surface area (Å²) in [5.41, 5.74) is 6.15. The quantitative estimate of drug-likeness (QED) is 0.842. The van der Waals surface area contributed by atoms with E-state index in [4.69, 9.17) is 4.74 Å². The molecule has 0 spiro atoms. The van der Waals surface area contributed by atoms with Crippen molar-refractivity contribution in [1.29, 1.82) is 0 Å². The van der Waals surface area contributed by atoms with Gasteiger partial charge in [-0.05, 0) is 19.4 Å². The number of hydrazine groups is 1. The summed E-state index contributed by atoms with van der Waals surface area (Å²) in [5.74, 6) is 0. The van der Waals surface area contributed by atoms with Crippen molar-refractivity contribution in [2.45, 2.75) is 19.9 Å². The minimum Gasteiger partial charge on any atom is -0.379 e. The molecule has 0 aromatic heterocycles. The molecule has 1 aromatic rings. The molecule has 0 radical (unpaired) electrons. The Morgan fingerprint density at radius 1 is 1.19 bits per heavy atom. The summed E-state index contributed by atoms with van der Waals surface area (Å²) in [5, 5.41) is 2.24. The van der Waals surface area contributed by atoms with Gasteiger partial charge >= 0.3 is 0 Å². The first kappa shape index (κ1) is 11.6. The standard InChI is InChI=1S/C13H20N2O/c1-11-3-5-13(6-4-11)12(2)14-15-7-9-16-10-8-15/h3-6,12,14H,7-10H2,1-2H3/t12-/m1/s1. The molecule has 1 heterocycles. The smallest absolute Gasteiger partial charge is 0.0608 e. The molecule has 1 N–H and O–H groups in total. The number of morpholine rings is 1. The summed E-state index contributed by atoms with van der Waals surface area (Å²) in [7, 11) is 0. The highest BCUT2D eigenvalue weighted by Crippen LogP contribution is 2.13. The molecule has 1 aliphatic rings. The zero-order valence-corrected chi connectivity index (χ0v) is 10.1. The molecule has 0 amide bonds. The van der Waals surface area contributed by atoms with Crippen LogP contribution in [-0.2, 0) is 4.74 Å². The van der Waals surface area contributed by atoms with Crippen molar-refractivity contribution in [2.75, 3.05) is 26.3 Å². The van der Waals surface area contributed by atoms with E-state index >= 15 is 0 Å². The van der Waals surface area contributed by atoms with Crippen molar-refractivity contribution in [3.05, 3.63) is 35.4 Å². The summed E-state index contributed by atoms with van der Waals surface area (Å²) in [4.78, 5) is 0. The lowest BCUT2D eigenvalue weighted by Crippen LogP contribution is -2.46. The predicted octanol–water partition coefficient (Wildman–Crippen LogP) is 1.89. The van der Waals surface area contributed by atoms with Gasteiger partial charge in [-0.3, -0.25) is 0 Å². The molecule has 0 unspecified atom stereocenters. The first-order chi connectivity index (χ1) is 7.75. The van der Waals surface area contributed by atoms with Gasteiger partial charge in [0, 0.05) is 19.1 Å². The number of benzene rings is 1. The Morgan fingerprint density at radius 3 is 2.44 bits per heavy atom. The maximum absolute atomic E-state index is 5.32. The molecule has 0 bridgehead atoms. The monoisotopic (exact) mass is 220 g/mol. The molecule has 88 valence electrons. The van der Waals surface area contributed by atoms with E-state index in [-0.39, 0.29) is 0 Å². The second-order valence-electron chi connectivity index (χ2n) is 4.36. The van der Waals surface area contributed by atoms with Crippen LogP contribution in [0.25, 0.3) is 0 Å². The normalized spacial score (nSPS) is 19.6. The van der Waals surface area contributed by atoms with Crippen LogP contribution in [0.2, 0.25) is 0 Å². The van der Waals surface area contributed by atoms with E-state index in [1.165, 1.54) is 11.1 Å². The molecule has 1 saturated heterocycles. The Balaban J connectivity index is 1.91. The van der Waals surface area contributed by atoms with Crippen molar-refractivity contribution in [3.63, 3.8) is 0 Å². The van der Waals surface area contributed by atoms with Gasteiger partial charge in [0.25, 0.3) is 0 Å². The van der Waals surface area contributed by atoms with Crippen molar-refractivity contribution < 1.29 is 4.74 Å². The number of rotatable bonds is 3. The molecule has 16 heavy (non-hydrogen) atoms. The number of ether oxygens (including phenoxy) is 1. The number of nitrogens with zero attached hydrogens (tertiary/aromatic N) is 1. The zero-order valence-electron chi connectivity index (χ0n) is 10.1. The first-order valence-corrected chi connectivity index (χ1v) is 5.91. The van der Waals surface area contributed by atoms with Crippen LogP contribution < -0.4 is 5.43 Å². The van der Waals surface area contributed by atoms with Crippen LogP contribution in [0.3, 0.4) is 0 Å². The fourth-order valence-electron chi connectivity index (χ4n) is 1.90. The lowest BCUT2D eigenvalue weighted by atomic mass is 10.1. The Morgan fingerprint density at radius 2 is 1.81 bits per heavy atom. The van der Waals surface area contributed by atoms with Gasteiger partial charge in [0.1, 0.15) is 0 Å². The SMILES string of the molecule is Cc1ccc([C@@H](C)NN2CCOCC2)cc1. The Hall–Kier alpha value is -0.900. The second-order valence-corrected chi connectivity index (χ2v) is 4.36. The Labute approximate surface area is 97.4 Å². The average molecular weight is 220 g/mol. The maximum atomic E-state index is 5.32. The van der Waals surface area contributed by atoms with Crippen molar-refractivity contribution >= 4 is 0 Å². The molecule has 1 atom stereocenters. The third-order valence-electron chi connectivity index (χ3n) is 2.96. The number of hydrogen-bond donors (Lipinski definition) is 1. The van der Waals surface area contributed by atoms with Gasteiger partial charge in [-0.25, -0.2) is 10.4 Å². The first-order valence-electron chi connectivity index (χ1n) is 5.91. The fraction of sp³-hybridized carbons (Fsp3) is 0.538. The lowest BCUT2D eigenvalue weighted by Gasteiger charge is -2.30. The molecule has 2 rings (SSSR count). The summed E-state index contributed by atoms with van der Waals surface area (Å²) in [6.07, 6.45) is 0. The van der Waals surface area contributed by atoms with E-state index in [2.05, 4.69) is 48.5 Å². The number of aryl methyl sites for hydroxylation is 1. The van der Waals surface area contributed by atoms with Crippen LogP contribution in [0.1, 0.15) is 24.1 Å². The second kappa shape index (κ2) is 5.43. The molecular formula is C13H20N2O. The number of hydrogen-bond acceptors (Lipinski definition) is 3. The molecule has 0 saturated carbocycles. The van der Waals surface area contributed by atoms with Crippen molar-refractivity contribution in [3.8, 4) is 0 Å². The summed E-state index contributed by atoms with van der Waals surface area (Å²) in [6, 6.07) is 9.05. The van der Waals surface area contributed by atoms with Gasteiger partial charge in [-0.1, -0.05) is 29.8 Å². The van der Waals surface area contributed by atoms with E-state index in [1.807, 2.05) is 0 Å². The summed E-state index contributed by atoms with van der Waals surface area (Å²) < 4.78 is 5.32. The lowest BCUT2D eigenvalue weighted by molar-refractivity contribution is 0.00484. The topological polar surface area (TPSA) is 24.5 Å². The van der Waals surface area contributed by atoms with Gasteiger partial charge in [-0.2, -0.15) is 0 Å². The number of nitrogens with one attached hydrogen (secondary N) is 1. The highest BCUT2D eigenvalue weighted by Gasteiger charge is 2.13. The minimum atomic E-state index is 0.360.